The van der Waals surface area contributed by atoms with Crippen molar-refractivity contribution in [3.05, 3.63) is 59.2 Å². The zero-order chi connectivity index (χ0) is 18.8. The Morgan fingerprint density at radius 1 is 1.12 bits per heavy atom. The molecule has 0 fully saturated rings. The molecule has 0 heterocycles. The predicted molar refractivity (Wildman–Crippen MR) is 107 cm³/mol. The van der Waals surface area contributed by atoms with Crippen molar-refractivity contribution in [2.45, 2.75) is 58.8 Å². The highest BCUT2D eigenvalue weighted by Gasteiger charge is 2.33. The predicted octanol–water partition coefficient (Wildman–Crippen LogP) is 6.11. The number of hydrogen-bond acceptors (Lipinski definition) is 2. The van der Waals surface area contributed by atoms with E-state index in [1.165, 1.54) is 11.1 Å². The normalized spacial score (nSPS) is 14.8. The van der Waals surface area contributed by atoms with Gasteiger partial charge in [-0.3, -0.25) is 0 Å². The average molecular weight is 341 g/mol. The van der Waals surface area contributed by atoms with E-state index < -0.39 is 0 Å². The molecule has 1 aliphatic rings. The largest absolute Gasteiger partial charge is 0.497 e. The minimum absolute atomic E-state index is 0.0499. The van der Waals surface area contributed by atoms with Gasteiger partial charge in [0.2, 0.25) is 0 Å². The summed E-state index contributed by atoms with van der Waals surface area (Å²) >= 11 is 0. The van der Waals surface area contributed by atoms with Gasteiger partial charge >= 0.3 is 0 Å². The first-order chi connectivity index (χ1) is 11.6. The number of benzene rings is 1. The topological polar surface area (TPSA) is 18.5 Å². The molecule has 2 heteroatoms. The van der Waals surface area contributed by atoms with Gasteiger partial charge < -0.3 is 9.47 Å². The number of hydrogen-bond donors (Lipinski definition) is 0. The fourth-order valence-electron chi connectivity index (χ4n) is 3.28. The van der Waals surface area contributed by atoms with E-state index in [-0.39, 0.29) is 10.8 Å². The van der Waals surface area contributed by atoms with Crippen molar-refractivity contribution < 1.29 is 9.47 Å². The molecule has 0 N–H and O–H groups in total. The summed E-state index contributed by atoms with van der Waals surface area (Å²) in [5, 5.41) is 0. The van der Waals surface area contributed by atoms with Crippen molar-refractivity contribution >= 4 is 0 Å². The van der Waals surface area contributed by atoms with Crippen molar-refractivity contribution in [2.75, 3.05) is 13.7 Å². The van der Waals surface area contributed by atoms with Crippen LogP contribution in [0.25, 0.3) is 0 Å². The van der Waals surface area contributed by atoms with E-state index in [1.807, 2.05) is 0 Å². The molecule has 25 heavy (non-hydrogen) atoms. The highest BCUT2D eigenvalue weighted by Crippen LogP contribution is 2.46. The highest BCUT2D eigenvalue weighted by molar-refractivity contribution is 5.57. The Kier molecular flexibility index (Phi) is 5.51. The molecular formula is C23H32O2. The first-order valence-corrected chi connectivity index (χ1v) is 8.95. The van der Waals surface area contributed by atoms with Gasteiger partial charge in [-0.1, -0.05) is 65.0 Å². The maximum absolute atomic E-state index is 6.19. The van der Waals surface area contributed by atoms with Crippen LogP contribution in [0.5, 0.6) is 11.5 Å². The summed E-state index contributed by atoms with van der Waals surface area (Å²) in [4.78, 5) is 0. The first-order valence-electron chi connectivity index (χ1n) is 8.95. The molecule has 0 atom stereocenters. The van der Waals surface area contributed by atoms with Crippen LogP contribution in [0.1, 0.15) is 59.1 Å². The third-order valence-corrected chi connectivity index (χ3v) is 4.89. The molecule has 0 unspecified atom stereocenters. The van der Waals surface area contributed by atoms with Crippen LogP contribution in [0.3, 0.4) is 0 Å². The van der Waals surface area contributed by atoms with Gasteiger partial charge in [0.1, 0.15) is 18.1 Å². The Hall–Kier alpha value is -1.96. The number of ether oxygens (including phenoxy) is 2. The third kappa shape index (κ3) is 4.00. The molecule has 0 bridgehead atoms. The molecule has 1 aromatic carbocycles. The lowest BCUT2D eigenvalue weighted by Gasteiger charge is -2.33. The van der Waals surface area contributed by atoms with E-state index in [4.69, 9.17) is 9.47 Å². The average Bonchev–Trinajstić information content (AvgIpc) is 2.98. The van der Waals surface area contributed by atoms with Gasteiger partial charge in [-0.2, -0.15) is 0 Å². The van der Waals surface area contributed by atoms with Crippen LogP contribution >= 0.6 is 0 Å². The van der Waals surface area contributed by atoms with Crippen LogP contribution in [0.4, 0.5) is 0 Å². The number of rotatable bonds is 6. The number of allylic oxidation sites excluding steroid dienone is 4. The first kappa shape index (κ1) is 19.4. The van der Waals surface area contributed by atoms with E-state index in [2.05, 4.69) is 72.4 Å². The number of methoxy groups -OCH3 is 1. The molecule has 0 saturated heterocycles. The zero-order valence-corrected chi connectivity index (χ0v) is 16.8. The van der Waals surface area contributed by atoms with Gasteiger partial charge in [0.15, 0.2) is 0 Å². The fraction of sp³-hybridized carbons (Fsp3) is 0.478. The van der Waals surface area contributed by atoms with E-state index >= 15 is 0 Å². The van der Waals surface area contributed by atoms with E-state index in [9.17, 15) is 0 Å². The van der Waals surface area contributed by atoms with E-state index in [0.717, 1.165) is 29.0 Å². The van der Waals surface area contributed by atoms with Crippen molar-refractivity contribution in [3.63, 3.8) is 0 Å². The molecule has 0 radical (unpaired) electrons. The minimum Gasteiger partial charge on any atom is -0.497 e. The molecule has 0 amide bonds. The lowest BCUT2D eigenvalue weighted by atomic mass is 9.74. The van der Waals surface area contributed by atoms with Crippen LogP contribution < -0.4 is 9.47 Å². The smallest absolute Gasteiger partial charge is 0.127 e. The van der Waals surface area contributed by atoms with E-state index in [0.29, 0.717) is 6.61 Å². The monoisotopic (exact) mass is 340 g/mol. The van der Waals surface area contributed by atoms with Gasteiger partial charge in [0, 0.05) is 16.5 Å². The molecule has 0 spiro atoms. The Morgan fingerprint density at radius 3 is 2.24 bits per heavy atom. The second-order valence-corrected chi connectivity index (χ2v) is 8.38. The zero-order valence-electron chi connectivity index (χ0n) is 16.8. The standard InChI is InChI=1S/C23H32O2/c1-9-12-25-21-19(22(3,4)5)14-18(24-8)15-20(21)23(6,7)17-11-10-16(2)13-17/h9,11,13-15H,1,10,12H2,2-8H3. The Bertz CT molecular complexity index is 712. The fourth-order valence-corrected chi connectivity index (χ4v) is 3.28. The third-order valence-electron chi connectivity index (χ3n) is 4.89. The van der Waals surface area contributed by atoms with E-state index in [1.54, 1.807) is 13.2 Å². The van der Waals surface area contributed by atoms with Crippen molar-refractivity contribution in [3.8, 4) is 11.5 Å². The molecule has 136 valence electrons. The maximum Gasteiger partial charge on any atom is 0.127 e. The van der Waals surface area contributed by atoms with Gasteiger partial charge in [0.25, 0.3) is 0 Å². The molecule has 2 nitrogen and oxygen atoms in total. The van der Waals surface area contributed by atoms with Gasteiger partial charge in [-0.15, -0.1) is 0 Å². The lowest BCUT2D eigenvalue weighted by molar-refractivity contribution is 0.337. The summed E-state index contributed by atoms with van der Waals surface area (Å²) in [5.74, 6) is 1.83. The van der Waals surface area contributed by atoms with Gasteiger partial charge in [-0.25, -0.2) is 0 Å². The molecular weight excluding hydrogens is 308 g/mol. The van der Waals surface area contributed by atoms with Crippen LogP contribution in [0.2, 0.25) is 0 Å². The summed E-state index contributed by atoms with van der Waals surface area (Å²) in [6.45, 7) is 17.6. The quantitative estimate of drug-likeness (QED) is 0.582. The molecule has 0 saturated carbocycles. The second-order valence-electron chi connectivity index (χ2n) is 8.38. The van der Waals surface area contributed by atoms with Gasteiger partial charge in [-0.05, 0) is 36.5 Å². The second kappa shape index (κ2) is 7.11. The van der Waals surface area contributed by atoms with Gasteiger partial charge in [0.05, 0.1) is 7.11 Å². The Morgan fingerprint density at radius 2 is 1.76 bits per heavy atom. The van der Waals surface area contributed by atoms with Crippen molar-refractivity contribution in [1.29, 1.82) is 0 Å². The molecule has 1 aromatic rings. The minimum atomic E-state index is -0.164. The molecule has 0 aromatic heterocycles. The summed E-state index contributed by atoms with van der Waals surface area (Å²) in [6.07, 6.45) is 7.44. The molecule has 0 aliphatic heterocycles. The SMILES string of the molecule is C=CCOc1c(C(C)(C)C)cc(OC)cc1C(C)(C)C1=CCC(C)=C1. The Labute approximate surface area is 153 Å². The van der Waals surface area contributed by atoms with Crippen molar-refractivity contribution in [2.24, 2.45) is 0 Å². The summed E-state index contributed by atoms with van der Waals surface area (Å²) < 4.78 is 11.8. The van der Waals surface area contributed by atoms with Crippen molar-refractivity contribution in [1.82, 2.24) is 0 Å². The Balaban J connectivity index is 2.71. The summed E-state index contributed by atoms with van der Waals surface area (Å²) in [6, 6.07) is 4.22. The van der Waals surface area contributed by atoms with Crippen LogP contribution in [0, 0.1) is 0 Å². The summed E-state index contributed by atoms with van der Waals surface area (Å²) in [5.41, 5.74) is 4.85. The highest BCUT2D eigenvalue weighted by atomic mass is 16.5. The maximum atomic E-state index is 6.19. The van der Waals surface area contributed by atoms with Crippen LogP contribution in [-0.2, 0) is 10.8 Å². The van der Waals surface area contributed by atoms with Crippen LogP contribution in [0.15, 0.2) is 48.1 Å². The lowest BCUT2D eigenvalue weighted by Crippen LogP contribution is -2.23. The molecule has 1 aliphatic carbocycles. The summed E-state index contributed by atoms with van der Waals surface area (Å²) in [7, 11) is 1.72. The van der Waals surface area contributed by atoms with Crippen LogP contribution in [-0.4, -0.2) is 13.7 Å². The molecule has 2 rings (SSSR count).